The van der Waals surface area contributed by atoms with Gasteiger partial charge in [0.15, 0.2) is 0 Å². The van der Waals surface area contributed by atoms with Crippen LogP contribution in [0.4, 0.5) is 5.69 Å². The van der Waals surface area contributed by atoms with E-state index in [1.165, 1.54) is 19.2 Å². The highest BCUT2D eigenvalue weighted by Gasteiger charge is 2.28. The summed E-state index contributed by atoms with van der Waals surface area (Å²) in [7, 11) is -2.49. The first kappa shape index (κ1) is 22.6. The number of hydrogen-bond donors (Lipinski definition) is 1. The van der Waals surface area contributed by atoms with E-state index in [9.17, 15) is 13.2 Å². The van der Waals surface area contributed by atoms with Gasteiger partial charge in [-0.15, -0.1) is 0 Å². The number of ether oxygens (including phenoxy) is 2. The van der Waals surface area contributed by atoms with Gasteiger partial charge in [0.05, 0.1) is 28.3 Å². The van der Waals surface area contributed by atoms with Gasteiger partial charge in [-0.2, -0.15) is 0 Å². The minimum absolute atomic E-state index is 0.0177. The molecule has 0 saturated carbocycles. The third-order valence-corrected chi connectivity index (χ3v) is 7.26. The number of carbonyl (C=O) groups excluding carboxylic acids is 1. The second-order valence-corrected chi connectivity index (χ2v) is 9.80. The predicted octanol–water partition coefficient (Wildman–Crippen LogP) is 3.26. The van der Waals surface area contributed by atoms with Crippen molar-refractivity contribution in [3.05, 3.63) is 52.5 Å². The summed E-state index contributed by atoms with van der Waals surface area (Å²) < 4.78 is 39.2. The zero-order valence-corrected chi connectivity index (χ0v) is 19.3. The number of benzene rings is 2. The second-order valence-electron chi connectivity index (χ2n) is 7.08. The Morgan fingerprint density at radius 2 is 2.00 bits per heavy atom. The average molecular weight is 497 g/mol. The van der Waals surface area contributed by atoms with Gasteiger partial charge in [-0.05, 0) is 66.0 Å². The number of rotatable bonds is 8. The molecule has 0 aliphatic carbocycles. The maximum atomic E-state index is 13.4. The number of nitrogens with zero attached hydrogens (tertiary/aromatic N) is 1. The molecule has 9 heteroatoms. The summed E-state index contributed by atoms with van der Waals surface area (Å²) in [6.45, 7) is 2.64. The molecule has 2 aromatic carbocycles. The van der Waals surface area contributed by atoms with E-state index in [1.54, 1.807) is 18.2 Å². The van der Waals surface area contributed by atoms with Crippen LogP contribution in [0.2, 0.25) is 0 Å². The zero-order valence-electron chi connectivity index (χ0n) is 16.9. The quantitative estimate of drug-likeness (QED) is 0.606. The summed E-state index contributed by atoms with van der Waals surface area (Å²) in [4.78, 5) is 12.7. The Morgan fingerprint density at radius 1 is 1.27 bits per heavy atom. The molecule has 1 N–H and O–H groups in total. The molecule has 1 aliphatic heterocycles. The maximum absolute atomic E-state index is 13.4. The molecule has 0 radical (unpaired) electrons. The minimum atomic E-state index is -3.99. The number of anilines is 1. The number of amides is 1. The van der Waals surface area contributed by atoms with Crippen LogP contribution in [0.25, 0.3) is 0 Å². The van der Waals surface area contributed by atoms with E-state index in [2.05, 4.69) is 21.2 Å². The maximum Gasteiger partial charge on any atom is 0.264 e. The molecular formula is C21H25BrN2O5S. The van der Waals surface area contributed by atoms with E-state index in [-0.39, 0.29) is 23.5 Å². The minimum Gasteiger partial charge on any atom is -0.496 e. The summed E-state index contributed by atoms with van der Waals surface area (Å²) in [5.74, 6) is 0.132. The van der Waals surface area contributed by atoms with Crippen molar-refractivity contribution in [3.8, 4) is 5.75 Å². The van der Waals surface area contributed by atoms with Gasteiger partial charge in [0, 0.05) is 13.2 Å². The topological polar surface area (TPSA) is 84.9 Å². The fourth-order valence-electron chi connectivity index (χ4n) is 3.18. The molecule has 1 atom stereocenters. The van der Waals surface area contributed by atoms with E-state index in [0.29, 0.717) is 29.1 Å². The molecule has 1 fully saturated rings. The summed E-state index contributed by atoms with van der Waals surface area (Å²) in [5, 5.41) is 2.79. The molecule has 1 heterocycles. The van der Waals surface area contributed by atoms with E-state index in [4.69, 9.17) is 9.47 Å². The molecule has 1 aliphatic rings. The molecule has 3 rings (SSSR count). The van der Waals surface area contributed by atoms with Gasteiger partial charge in [0.2, 0.25) is 5.91 Å². The fraction of sp³-hybridized carbons (Fsp3) is 0.381. The summed E-state index contributed by atoms with van der Waals surface area (Å²) >= 11 is 3.33. The Kier molecular flexibility index (Phi) is 7.38. The Labute approximate surface area is 185 Å². The first-order chi connectivity index (χ1) is 14.3. The van der Waals surface area contributed by atoms with Gasteiger partial charge in [-0.1, -0.05) is 17.7 Å². The number of methoxy groups -OCH3 is 1. The molecule has 0 unspecified atom stereocenters. The van der Waals surface area contributed by atoms with Gasteiger partial charge in [0.1, 0.15) is 12.3 Å². The van der Waals surface area contributed by atoms with Crippen LogP contribution in [-0.4, -0.2) is 47.2 Å². The smallest absolute Gasteiger partial charge is 0.264 e. The average Bonchev–Trinajstić information content (AvgIpc) is 3.25. The second kappa shape index (κ2) is 9.80. The Bertz CT molecular complexity index is 989. The first-order valence-electron chi connectivity index (χ1n) is 9.62. The Morgan fingerprint density at radius 3 is 2.60 bits per heavy atom. The number of aryl methyl sites for hydroxylation is 1. The SMILES string of the molecule is COc1ccc(S(=O)(=O)N(CC(=O)NC[C@H]2CCCO2)c2ccc(C)cc2)cc1Br. The van der Waals surface area contributed by atoms with Crippen LogP contribution in [0.15, 0.2) is 51.8 Å². The van der Waals surface area contributed by atoms with Crippen LogP contribution in [0.3, 0.4) is 0 Å². The first-order valence-corrected chi connectivity index (χ1v) is 11.9. The monoisotopic (exact) mass is 496 g/mol. The molecule has 30 heavy (non-hydrogen) atoms. The van der Waals surface area contributed by atoms with Crippen molar-refractivity contribution in [1.29, 1.82) is 0 Å². The molecule has 2 aromatic rings. The molecule has 162 valence electrons. The lowest BCUT2D eigenvalue weighted by atomic mass is 10.2. The molecule has 1 saturated heterocycles. The van der Waals surface area contributed by atoms with Crippen molar-refractivity contribution >= 4 is 37.5 Å². The highest BCUT2D eigenvalue weighted by molar-refractivity contribution is 9.10. The van der Waals surface area contributed by atoms with Crippen molar-refractivity contribution in [1.82, 2.24) is 5.32 Å². The van der Waals surface area contributed by atoms with E-state index in [0.717, 1.165) is 22.7 Å². The van der Waals surface area contributed by atoms with Crippen molar-refractivity contribution in [2.45, 2.75) is 30.8 Å². The highest BCUT2D eigenvalue weighted by atomic mass is 79.9. The number of nitrogens with one attached hydrogen (secondary N) is 1. The van der Waals surface area contributed by atoms with Crippen LogP contribution < -0.4 is 14.4 Å². The van der Waals surface area contributed by atoms with Crippen LogP contribution in [0.1, 0.15) is 18.4 Å². The van der Waals surface area contributed by atoms with E-state index >= 15 is 0 Å². The normalized spacial score (nSPS) is 16.3. The largest absolute Gasteiger partial charge is 0.496 e. The van der Waals surface area contributed by atoms with Gasteiger partial charge >= 0.3 is 0 Å². The van der Waals surface area contributed by atoms with Gasteiger partial charge in [-0.25, -0.2) is 8.42 Å². The van der Waals surface area contributed by atoms with Gasteiger partial charge in [0.25, 0.3) is 10.0 Å². The Balaban J connectivity index is 1.87. The molecule has 0 spiro atoms. The molecule has 0 bridgehead atoms. The van der Waals surface area contributed by atoms with E-state index < -0.39 is 10.0 Å². The summed E-state index contributed by atoms with van der Waals surface area (Å²) in [6, 6.07) is 11.5. The Hall–Kier alpha value is -2.10. The third kappa shape index (κ3) is 5.33. The lowest BCUT2D eigenvalue weighted by molar-refractivity contribution is -0.120. The van der Waals surface area contributed by atoms with Crippen LogP contribution in [-0.2, 0) is 19.6 Å². The van der Waals surface area contributed by atoms with Crippen LogP contribution in [0, 0.1) is 6.92 Å². The lowest BCUT2D eigenvalue weighted by Crippen LogP contribution is -2.42. The number of sulfonamides is 1. The zero-order chi connectivity index (χ0) is 21.7. The molecule has 0 aromatic heterocycles. The number of carbonyl (C=O) groups is 1. The fourth-order valence-corrected chi connectivity index (χ4v) is 5.32. The predicted molar refractivity (Wildman–Crippen MR) is 118 cm³/mol. The third-order valence-electron chi connectivity index (χ3n) is 4.87. The van der Waals surface area contributed by atoms with Crippen molar-refractivity contribution < 1.29 is 22.7 Å². The summed E-state index contributed by atoms with van der Waals surface area (Å²) in [5.41, 5.74) is 1.41. The van der Waals surface area contributed by atoms with Gasteiger partial charge in [-0.3, -0.25) is 9.10 Å². The molecule has 7 nitrogen and oxygen atoms in total. The van der Waals surface area contributed by atoms with Crippen molar-refractivity contribution in [2.24, 2.45) is 0 Å². The number of hydrogen-bond acceptors (Lipinski definition) is 5. The van der Waals surface area contributed by atoms with E-state index in [1.807, 2.05) is 19.1 Å². The number of halogens is 1. The van der Waals surface area contributed by atoms with Crippen molar-refractivity contribution in [3.63, 3.8) is 0 Å². The van der Waals surface area contributed by atoms with Gasteiger partial charge < -0.3 is 14.8 Å². The lowest BCUT2D eigenvalue weighted by Gasteiger charge is -2.25. The standard InChI is InChI=1S/C21H25BrN2O5S/c1-15-5-7-16(8-6-15)24(14-21(25)23-13-17-4-3-11-29-17)30(26,27)18-9-10-20(28-2)19(22)12-18/h5-10,12,17H,3-4,11,13-14H2,1-2H3,(H,23,25)/t17-/m1/s1. The van der Waals surface area contributed by atoms with Crippen molar-refractivity contribution in [2.75, 3.05) is 31.1 Å². The highest BCUT2D eigenvalue weighted by Crippen LogP contribution is 2.30. The summed E-state index contributed by atoms with van der Waals surface area (Å²) in [6.07, 6.45) is 1.84. The van der Waals surface area contributed by atoms with Crippen LogP contribution in [0.5, 0.6) is 5.75 Å². The van der Waals surface area contributed by atoms with Crippen LogP contribution >= 0.6 is 15.9 Å². The molecule has 1 amide bonds. The molecular weight excluding hydrogens is 472 g/mol.